The van der Waals surface area contributed by atoms with Crippen LogP contribution in [-0.4, -0.2) is 17.9 Å². The molecule has 4 saturated carbocycles. The van der Waals surface area contributed by atoms with Crippen LogP contribution < -0.4 is 0 Å². The zero-order chi connectivity index (χ0) is 24.1. The van der Waals surface area contributed by atoms with Crippen LogP contribution in [0.5, 0.6) is 0 Å². The van der Waals surface area contributed by atoms with Crippen LogP contribution in [0.3, 0.4) is 0 Å². The van der Waals surface area contributed by atoms with Crippen molar-refractivity contribution in [1.82, 2.24) is 0 Å². The molecule has 0 heterocycles. The largest absolute Gasteiger partial charge is 0.462 e. The minimum atomic E-state index is -0.192. The molecule has 0 saturated heterocycles. The molecule has 0 aliphatic heterocycles. The van der Waals surface area contributed by atoms with Gasteiger partial charge in [-0.25, -0.2) is 0 Å². The van der Waals surface area contributed by atoms with Crippen molar-refractivity contribution in [2.75, 3.05) is 0 Å². The minimum absolute atomic E-state index is 0.0133. The molecule has 1 spiro atoms. The maximum atomic E-state index is 12.2. The second-order valence-electron chi connectivity index (χ2n) is 13.6. The second-order valence-corrected chi connectivity index (χ2v) is 13.6. The first-order valence-electron chi connectivity index (χ1n) is 14.6. The Hall–Kier alpha value is -1.12. The number of hydrogen-bond donors (Lipinski definition) is 0. The first kappa shape index (κ1) is 24.6. The van der Waals surface area contributed by atoms with Gasteiger partial charge in [0.05, 0.1) is 6.42 Å². The molecular formula is C31H48O3. The molecule has 5 aliphatic rings. The van der Waals surface area contributed by atoms with E-state index < -0.39 is 0 Å². The third-order valence-corrected chi connectivity index (χ3v) is 11.4. The summed E-state index contributed by atoms with van der Waals surface area (Å²) in [7, 11) is 0. The Morgan fingerprint density at radius 3 is 2.62 bits per heavy atom. The number of esters is 1. The van der Waals surface area contributed by atoms with Gasteiger partial charge in [0.15, 0.2) is 0 Å². The van der Waals surface area contributed by atoms with Crippen LogP contribution >= 0.6 is 0 Å². The maximum absolute atomic E-state index is 12.2. The second kappa shape index (κ2) is 9.40. The number of ketones is 1. The van der Waals surface area contributed by atoms with Crippen LogP contribution in [0, 0.1) is 46.3 Å². The molecule has 0 radical (unpaired) electrons. The third-order valence-electron chi connectivity index (χ3n) is 11.4. The Morgan fingerprint density at radius 2 is 1.85 bits per heavy atom. The van der Waals surface area contributed by atoms with Crippen molar-refractivity contribution in [2.45, 2.75) is 124 Å². The van der Waals surface area contributed by atoms with E-state index >= 15 is 0 Å². The Morgan fingerprint density at radius 1 is 1.06 bits per heavy atom. The first-order valence-corrected chi connectivity index (χ1v) is 14.6. The average Bonchev–Trinajstić information content (AvgIpc) is 3.07. The van der Waals surface area contributed by atoms with E-state index in [1.54, 1.807) is 12.5 Å². The van der Waals surface area contributed by atoms with Crippen molar-refractivity contribution in [3.63, 3.8) is 0 Å². The number of ether oxygens (including phenoxy) is 1. The smallest absolute Gasteiger partial charge is 0.306 e. The molecule has 3 heteroatoms. The Labute approximate surface area is 207 Å². The standard InChI is InChI=1S/C31H48O3/c1-20(2)6-5-7-22-19-31-17-15-27-25(28(31)12-11-26(22)31)10-9-23-18-24(14-16-30(23,27)4)34-29(33)13-8-21(3)32/h9,20,22,24-28H,5-8,10-19H2,1-4H3/t22-,24-,25+,26+,27-,28-,30-,31-/m0/s1. The van der Waals surface area contributed by atoms with Gasteiger partial charge in [0.2, 0.25) is 0 Å². The van der Waals surface area contributed by atoms with E-state index in [0.717, 1.165) is 54.8 Å². The van der Waals surface area contributed by atoms with Crippen molar-refractivity contribution in [3.8, 4) is 0 Å². The molecule has 4 fully saturated rings. The van der Waals surface area contributed by atoms with Crippen molar-refractivity contribution >= 4 is 11.8 Å². The van der Waals surface area contributed by atoms with Gasteiger partial charge < -0.3 is 9.53 Å². The minimum Gasteiger partial charge on any atom is -0.462 e. The van der Waals surface area contributed by atoms with Crippen LogP contribution in [0.4, 0.5) is 0 Å². The highest BCUT2D eigenvalue weighted by Gasteiger charge is 2.66. The van der Waals surface area contributed by atoms with Gasteiger partial charge in [-0.2, -0.15) is 0 Å². The Bertz CT molecular complexity index is 827. The summed E-state index contributed by atoms with van der Waals surface area (Å²) >= 11 is 0. The summed E-state index contributed by atoms with van der Waals surface area (Å²) in [5.41, 5.74) is 2.59. The lowest BCUT2D eigenvalue weighted by Gasteiger charge is -2.64. The van der Waals surface area contributed by atoms with Crippen LogP contribution in [0.2, 0.25) is 0 Å². The SMILES string of the molecule is CC(=O)CCC(=O)O[C@H]1CC[C@@]2(C)C(=CC[C@H]3[C@@H]4CC[C@@H]5[C@@H](CCCC(C)C)C[C@@]54CC[C@@H]32)C1. The number of carbonyl (C=O) groups is 2. The number of carbonyl (C=O) groups excluding carboxylic acids is 2. The number of Topliss-reactive ketones (excluding diaryl/α,β-unsaturated/α-hetero) is 1. The highest BCUT2D eigenvalue weighted by molar-refractivity contribution is 5.81. The van der Waals surface area contributed by atoms with Crippen LogP contribution in [0.1, 0.15) is 118 Å². The van der Waals surface area contributed by atoms with Crippen LogP contribution in [-0.2, 0) is 14.3 Å². The lowest BCUT2D eigenvalue weighted by atomic mass is 9.41. The summed E-state index contributed by atoms with van der Waals surface area (Å²) in [4.78, 5) is 23.4. The van der Waals surface area contributed by atoms with Crippen LogP contribution in [0.15, 0.2) is 11.6 Å². The van der Waals surface area contributed by atoms with Gasteiger partial charge in [0, 0.05) is 12.8 Å². The fraction of sp³-hybridized carbons (Fsp3) is 0.871. The monoisotopic (exact) mass is 468 g/mol. The van der Waals surface area contributed by atoms with E-state index in [4.69, 9.17) is 4.74 Å². The average molecular weight is 469 g/mol. The van der Waals surface area contributed by atoms with Crippen LogP contribution in [0.25, 0.3) is 0 Å². The Balaban J connectivity index is 1.21. The highest BCUT2D eigenvalue weighted by atomic mass is 16.5. The zero-order valence-electron chi connectivity index (χ0n) is 22.2. The summed E-state index contributed by atoms with van der Waals surface area (Å²) in [6.45, 7) is 8.82. The third kappa shape index (κ3) is 4.21. The van der Waals surface area contributed by atoms with Gasteiger partial charge in [-0.3, -0.25) is 4.79 Å². The molecule has 3 nitrogen and oxygen atoms in total. The van der Waals surface area contributed by atoms with E-state index in [1.165, 1.54) is 57.8 Å². The van der Waals surface area contributed by atoms with Crippen molar-refractivity contribution in [1.29, 1.82) is 0 Å². The maximum Gasteiger partial charge on any atom is 0.306 e. The fourth-order valence-electron chi connectivity index (χ4n) is 9.77. The fourth-order valence-corrected chi connectivity index (χ4v) is 9.77. The molecule has 0 aromatic heterocycles. The van der Waals surface area contributed by atoms with Gasteiger partial charge in [-0.1, -0.05) is 51.7 Å². The number of fused-ring (bicyclic) bond motifs is 4. The van der Waals surface area contributed by atoms with Gasteiger partial charge in [0.1, 0.15) is 11.9 Å². The summed E-state index contributed by atoms with van der Waals surface area (Å²) in [6.07, 6.45) is 19.2. The quantitative estimate of drug-likeness (QED) is 0.271. The summed E-state index contributed by atoms with van der Waals surface area (Å²) in [5, 5.41) is 0. The molecule has 34 heavy (non-hydrogen) atoms. The van der Waals surface area contributed by atoms with Crippen molar-refractivity contribution in [3.05, 3.63) is 11.6 Å². The molecular weight excluding hydrogens is 420 g/mol. The lowest BCUT2D eigenvalue weighted by molar-refractivity contribution is -0.154. The van der Waals surface area contributed by atoms with E-state index in [1.807, 2.05) is 0 Å². The molecule has 5 aliphatic carbocycles. The molecule has 0 aromatic rings. The van der Waals surface area contributed by atoms with Gasteiger partial charge in [0.25, 0.3) is 0 Å². The van der Waals surface area contributed by atoms with Gasteiger partial charge in [-0.15, -0.1) is 0 Å². The van der Waals surface area contributed by atoms with Gasteiger partial charge >= 0.3 is 5.97 Å². The normalized spacial score (nSPS) is 42.6. The molecule has 0 amide bonds. The predicted molar refractivity (Wildman–Crippen MR) is 136 cm³/mol. The van der Waals surface area contributed by atoms with Gasteiger partial charge in [-0.05, 0) is 105 Å². The molecule has 0 aromatic carbocycles. The summed E-state index contributed by atoms with van der Waals surface area (Å²) in [5.74, 6) is 5.47. The highest BCUT2D eigenvalue weighted by Crippen LogP contribution is 2.74. The number of rotatable bonds is 8. The molecule has 0 N–H and O–H groups in total. The Kier molecular flexibility index (Phi) is 6.79. The molecule has 8 atom stereocenters. The molecule has 0 bridgehead atoms. The first-order chi connectivity index (χ1) is 16.2. The van der Waals surface area contributed by atoms with E-state index in [9.17, 15) is 9.59 Å². The number of hydrogen-bond acceptors (Lipinski definition) is 3. The predicted octanol–water partition coefficient (Wildman–Crippen LogP) is 7.67. The summed E-state index contributed by atoms with van der Waals surface area (Å²) in [6, 6.07) is 0. The topological polar surface area (TPSA) is 43.4 Å². The van der Waals surface area contributed by atoms with E-state index in [-0.39, 0.29) is 24.3 Å². The van der Waals surface area contributed by atoms with Crippen molar-refractivity contribution in [2.24, 2.45) is 46.3 Å². The lowest BCUT2D eigenvalue weighted by Crippen LogP contribution is -2.56. The van der Waals surface area contributed by atoms with Crippen molar-refractivity contribution < 1.29 is 14.3 Å². The molecule has 0 unspecified atom stereocenters. The summed E-state index contributed by atoms with van der Waals surface area (Å²) < 4.78 is 5.81. The molecule has 190 valence electrons. The zero-order valence-corrected chi connectivity index (χ0v) is 22.2. The van der Waals surface area contributed by atoms with E-state index in [2.05, 4.69) is 26.8 Å². The van der Waals surface area contributed by atoms with E-state index in [0.29, 0.717) is 17.3 Å². The number of allylic oxidation sites excluding steroid dienone is 1. The molecule has 5 rings (SSSR count).